The normalized spacial score (nSPS) is 18.0. The summed E-state index contributed by atoms with van der Waals surface area (Å²) in [7, 11) is 0. The number of fused-ring (bicyclic) bond motifs is 1. The highest BCUT2D eigenvalue weighted by Gasteiger charge is 2.26. The van der Waals surface area contributed by atoms with Crippen LogP contribution in [0.5, 0.6) is 0 Å². The Kier molecular flexibility index (Phi) is 3.81. The summed E-state index contributed by atoms with van der Waals surface area (Å²) >= 11 is 0. The molecular weight excluding hydrogens is 264 g/mol. The molecule has 2 aromatic rings. The van der Waals surface area contributed by atoms with Crippen molar-refractivity contribution in [3.8, 4) is 0 Å². The maximum absolute atomic E-state index is 12.2. The molecule has 2 N–H and O–H groups in total. The minimum absolute atomic E-state index is 0.163. The van der Waals surface area contributed by atoms with E-state index in [0.717, 1.165) is 47.8 Å². The van der Waals surface area contributed by atoms with Gasteiger partial charge in [-0.05, 0) is 55.9 Å². The van der Waals surface area contributed by atoms with Gasteiger partial charge >= 0.3 is 0 Å². The minimum atomic E-state index is -0.750. The Bertz CT molecular complexity index is 715. The van der Waals surface area contributed by atoms with E-state index < -0.39 is 6.10 Å². The number of hydrogen-bond donors (Lipinski definition) is 2. The van der Waals surface area contributed by atoms with Crippen LogP contribution in [-0.2, 0) is 0 Å². The standard InChI is InChI=1S/C17H22N2O2/c1-10-8-13-14(9-11(10)2)19-17(21)15(18-13)16(20)12-6-4-3-5-7-12/h8-9,12,16,20H,3-7H2,1-2H3,(H,19,21). The number of aromatic amines is 1. The second kappa shape index (κ2) is 5.60. The van der Waals surface area contributed by atoms with Crippen molar-refractivity contribution in [2.45, 2.75) is 52.1 Å². The predicted octanol–water partition coefficient (Wildman–Crippen LogP) is 3.15. The monoisotopic (exact) mass is 286 g/mol. The highest BCUT2D eigenvalue weighted by molar-refractivity contribution is 5.76. The van der Waals surface area contributed by atoms with E-state index in [9.17, 15) is 9.90 Å². The Morgan fingerprint density at radius 1 is 1.19 bits per heavy atom. The number of aromatic nitrogens is 2. The first-order chi connectivity index (χ1) is 10.1. The van der Waals surface area contributed by atoms with E-state index in [4.69, 9.17) is 0 Å². The Morgan fingerprint density at radius 3 is 2.57 bits per heavy atom. The first-order valence-electron chi connectivity index (χ1n) is 7.75. The third-order valence-electron chi connectivity index (χ3n) is 4.71. The zero-order valence-electron chi connectivity index (χ0n) is 12.6. The maximum atomic E-state index is 12.2. The molecule has 0 aliphatic heterocycles. The second-order valence-electron chi connectivity index (χ2n) is 6.25. The van der Waals surface area contributed by atoms with Crippen molar-refractivity contribution in [3.63, 3.8) is 0 Å². The molecule has 1 fully saturated rings. The van der Waals surface area contributed by atoms with Crippen LogP contribution >= 0.6 is 0 Å². The van der Waals surface area contributed by atoms with Gasteiger partial charge in [0.25, 0.3) is 5.56 Å². The fourth-order valence-electron chi connectivity index (χ4n) is 3.23. The first-order valence-corrected chi connectivity index (χ1v) is 7.75. The van der Waals surface area contributed by atoms with Crippen LogP contribution in [0.2, 0.25) is 0 Å². The molecular formula is C17H22N2O2. The molecule has 1 saturated carbocycles. The molecule has 21 heavy (non-hydrogen) atoms. The van der Waals surface area contributed by atoms with E-state index >= 15 is 0 Å². The van der Waals surface area contributed by atoms with Crippen molar-refractivity contribution >= 4 is 11.0 Å². The number of nitrogens with zero attached hydrogens (tertiary/aromatic N) is 1. The fraction of sp³-hybridized carbons (Fsp3) is 0.529. The molecule has 112 valence electrons. The van der Waals surface area contributed by atoms with Crippen LogP contribution in [0, 0.1) is 19.8 Å². The van der Waals surface area contributed by atoms with E-state index in [-0.39, 0.29) is 17.2 Å². The largest absolute Gasteiger partial charge is 0.386 e. The van der Waals surface area contributed by atoms with Gasteiger partial charge in [0.05, 0.1) is 11.0 Å². The average molecular weight is 286 g/mol. The first kappa shape index (κ1) is 14.3. The number of aryl methyl sites for hydroxylation is 2. The maximum Gasteiger partial charge on any atom is 0.272 e. The molecule has 0 amide bonds. The summed E-state index contributed by atoms with van der Waals surface area (Å²) in [4.78, 5) is 19.6. The fourth-order valence-corrected chi connectivity index (χ4v) is 3.23. The zero-order valence-corrected chi connectivity index (χ0v) is 12.6. The summed E-state index contributed by atoms with van der Waals surface area (Å²) in [6.07, 6.45) is 4.70. The van der Waals surface area contributed by atoms with Crippen LogP contribution < -0.4 is 5.56 Å². The average Bonchev–Trinajstić information content (AvgIpc) is 2.49. The van der Waals surface area contributed by atoms with Gasteiger partial charge in [-0.15, -0.1) is 0 Å². The lowest BCUT2D eigenvalue weighted by Crippen LogP contribution is -2.25. The molecule has 3 rings (SSSR count). The summed E-state index contributed by atoms with van der Waals surface area (Å²) in [5.74, 6) is 0.163. The summed E-state index contributed by atoms with van der Waals surface area (Å²) in [6, 6.07) is 3.91. The van der Waals surface area contributed by atoms with Gasteiger partial charge < -0.3 is 10.1 Å². The molecule has 0 saturated heterocycles. The van der Waals surface area contributed by atoms with Gasteiger partial charge in [-0.25, -0.2) is 4.98 Å². The molecule has 1 heterocycles. The Morgan fingerprint density at radius 2 is 1.86 bits per heavy atom. The van der Waals surface area contributed by atoms with Gasteiger partial charge in [0, 0.05) is 0 Å². The molecule has 0 spiro atoms. The third kappa shape index (κ3) is 2.72. The smallest absolute Gasteiger partial charge is 0.272 e. The van der Waals surface area contributed by atoms with E-state index in [2.05, 4.69) is 9.97 Å². The van der Waals surface area contributed by atoms with E-state index in [0.29, 0.717) is 0 Å². The lowest BCUT2D eigenvalue weighted by atomic mass is 9.84. The lowest BCUT2D eigenvalue weighted by molar-refractivity contribution is 0.0801. The highest BCUT2D eigenvalue weighted by Crippen LogP contribution is 2.32. The number of nitrogens with one attached hydrogen (secondary N) is 1. The van der Waals surface area contributed by atoms with Crippen LogP contribution in [-0.4, -0.2) is 15.1 Å². The third-order valence-corrected chi connectivity index (χ3v) is 4.71. The van der Waals surface area contributed by atoms with Crippen LogP contribution in [0.25, 0.3) is 11.0 Å². The van der Waals surface area contributed by atoms with Crippen molar-refractivity contribution in [1.29, 1.82) is 0 Å². The van der Waals surface area contributed by atoms with Crippen molar-refractivity contribution in [2.75, 3.05) is 0 Å². The molecule has 1 aromatic carbocycles. The number of hydrogen-bond acceptors (Lipinski definition) is 3. The van der Waals surface area contributed by atoms with Crippen molar-refractivity contribution < 1.29 is 5.11 Å². The van der Waals surface area contributed by atoms with Gasteiger partial charge in [-0.3, -0.25) is 4.79 Å². The van der Waals surface area contributed by atoms with Crippen LogP contribution in [0.3, 0.4) is 0 Å². The number of aliphatic hydroxyl groups excluding tert-OH is 1. The van der Waals surface area contributed by atoms with Crippen LogP contribution in [0.1, 0.15) is 55.0 Å². The van der Waals surface area contributed by atoms with Gasteiger partial charge in [-0.2, -0.15) is 0 Å². The summed E-state index contributed by atoms with van der Waals surface area (Å²) in [6.45, 7) is 4.04. The molecule has 1 atom stereocenters. The van der Waals surface area contributed by atoms with Crippen molar-refractivity contribution in [3.05, 3.63) is 39.3 Å². The Hall–Kier alpha value is -1.68. The van der Waals surface area contributed by atoms with E-state index in [1.165, 1.54) is 6.42 Å². The van der Waals surface area contributed by atoms with Gasteiger partial charge in [0.2, 0.25) is 0 Å². The topological polar surface area (TPSA) is 66.0 Å². The quantitative estimate of drug-likeness (QED) is 0.891. The number of rotatable bonds is 2. The molecule has 4 nitrogen and oxygen atoms in total. The minimum Gasteiger partial charge on any atom is -0.386 e. The Labute approximate surface area is 124 Å². The molecule has 0 radical (unpaired) electrons. The van der Waals surface area contributed by atoms with Gasteiger partial charge in [-0.1, -0.05) is 19.3 Å². The summed E-state index contributed by atoms with van der Waals surface area (Å²) in [5.41, 5.74) is 3.77. The molecule has 1 unspecified atom stereocenters. The molecule has 0 bridgehead atoms. The second-order valence-corrected chi connectivity index (χ2v) is 6.25. The van der Waals surface area contributed by atoms with Crippen molar-refractivity contribution in [1.82, 2.24) is 9.97 Å². The predicted molar refractivity (Wildman–Crippen MR) is 83.4 cm³/mol. The number of aliphatic hydroxyl groups is 1. The molecule has 1 aromatic heterocycles. The number of H-pyrrole nitrogens is 1. The van der Waals surface area contributed by atoms with Crippen molar-refractivity contribution in [2.24, 2.45) is 5.92 Å². The molecule has 1 aliphatic rings. The Balaban J connectivity index is 2.03. The van der Waals surface area contributed by atoms with Crippen LogP contribution in [0.4, 0.5) is 0 Å². The van der Waals surface area contributed by atoms with Gasteiger partial charge in [0.1, 0.15) is 11.8 Å². The zero-order chi connectivity index (χ0) is 15.0. The van der Waals surface area contributed by atoms with Crippen LogP contribution in [0.15, 0.2) is 16.9 Å². The molecule has 4 heteroatoms. The van der Waals surface area contributed by atoms with E-state index in [1.54, 1.807) is 0 Å². The van der Waals surface area contributed by atoms with E-state index in [1.807, 2.05) is 26.0 Å². The lowest BCUT2D eigenvalue weighted by Gasteiger charge is -2.25. The van der Waals surface area contributed by atoms with Gasteiger partial charge in [0.15, 0.2) is 0 Å². The SMILES string of the molecule is Cc1cc2nc(C(O)C3CCCCC3)c(=O)[nH]c2cc1C. The summed E-state index contributed by atoms with van der Waals surface area (Å²) < 4.78 is 0. The molecule has 1 aliphatic carbocycles. The summed E-state index contributed by atoms with van der Waals surface area (Å²) in [5, 5.41) is 10.5. The number of benzene rings is 1. The highest BCUT2D eigenvalue weighted by atomic mass is 16.3.